The summed E-state index contributed by atoms with van der Waals surface area (Å²) < 4.78 is 5.90. The van der Waals surface area contributed by atoms with Crippen LogP contribution in [-0.2, 0) is 4.79 Å². The van der Waals surface area contributed by atoms with Gasteiger partial charge in [0.05, 0.1) is 29.4 Å². The van der Waals surface area contributed by atoms with Crippen LogP contribution in [0.2, 0.25) is 0 Å². The van der Waals surface area contributed by atoms with E-state index in [9.17, 15) is 9.59 Å². The molecule has 2 N–H and O–H groups in total. The van der Waals surface area contributed by atoms with Crippen molar-refractivity contribution in [3.63, 3.8) is 0 Å². The van der Waals surface area contributed by atoms with Gasteiger partial charge in [0.1, 0.15) is 10.6 Å². The third-order valence-electron chi connectivity index (χ3n) is 6.24. The summed E-state index contributed by atoms with van der Waals surface area (Å²) >= 11 is 1.39. The van der Waals surface area contributed by atoms with Crippen LogP contribution in [0.5, 0.6) is 5.75 Å². The van der Waals surface area contributed by atoms with Crippen LogP contribution in [0.1, 0.15) is 58.9 Å². The molecule has 3 atom stereocenters. The third-order valence-corrected chi connectivity index (χ3v) is 7.32. The maximum atomic E-state index is 13.1. The fraction of sp³-hybridized carbons (Fsp3) is 0.565. The zero-order chi connectivity index (χ0) is 21.8. The Morgan fingerprint density at radius 3 is 2.68 bits per heavy atom. The maximum absolute atomic E-state index is 13.1. The highest BCUT2D eigenvalue weighted by molar-refractivity contribution is 7.13. The van der Waals surface area contributed by atoms with Crippen LogP contribution in [0.3, 0.4) is 0 Å². The lowest BCUT2D eigenvalue weighted by molar-refractivity contribution is -0.126. The highest BCUT2D eigenvalue weighted by Crippen LogP contribution is 2.33. The molecule has 2 aromatic heterocycles. The van der Waals surface area contributed by atoms with Gasteiger partial charge < -0.3 is 15.4 Å². The average molecular weight is 443 g/mol. The molecule has 8 heteroatoms. The van der Waals surface area contributed by atoms with Gasteiger partial charge in [-0.2, -0.15) is 0 Å². The van der Waals surface area contributed by atoms with Crippen LogP contribution >= 0.6 is 11.3 Å². The van der Waals surface area contributed by atoms with Gasteiger partial charge in [0.25, 0.3) is 5.91 Å². The van der Waals surface area contributed by atoms with E-state index in [1.807, 2.05) is 26.0 Å². The first-order valence-electron chi connectivity index (χ1n) is 11.1. The van der Waals surface area contributed by atoms with Crippen LogP contribution in [0.4, 0.5) is 0 Å². The summed E-state index contributed by atoms with van der Waals surface area (Å²) in [6, 6.07) is 3.77. The normalized spacial score (nSPS) is 23.6. The van der Waals surface area contributed by atoms with Crippen molar-refractivity contribution in [3.8, 4) is 5.75 Å². The number of pyridine rings is 1. The largest absolute Gasteiger partial charge is 0.492 e. The Kier molecular flexibility index (Phi) is 6.85. The molecule has 166 valence electrons. The second kappa shape index (κ2) is 9.77. The quantitative estimate of drug-likeness (QED) is 0.685. The van der Waals surface area contributed by atoms with E-state index in [0.717, 1.165) is 29.3 Å². The van der Waals surface area contributed by atoms with Crippen molar-refractivity contribution in [2.24, 2.45) is 11.8 Å². The molecule has 2 saturated carbocycles. The first kappa shape index (κ1) is 21.7. The molecule has 0 saturated heterocycles. The highest BCUT2D eigenvalue weighted by Gasteiger charge is 2.41. The molecule has 0 bridgehead atoms. The number of amides is 2. The Morgan fingerprint density at radius 2 is 2.00 bits per heavy atom. The van der Waals surface area contributed by atoms with Gasteiger partial charge in [-0.3, -0.25) is 14.6 Å². The van der Waals surface area contributed by atoms with Crippen molar-refractivity contribution in [2.75, 3.05) is 6.61 Å². The van der Waals surface area contributed by atoms with Gasteiger partial charge in [-0.1, -0.05) is 12.8 Å². The first-order chi connectivity index (χ1) is 15.0. The molecule has 2 amide bonds. The molecule has 2 aromatic rings. The Hall–Kier alpha value is -2.48. The van der Waals surface area contributed by atoms with Crippen molar-refractivity contribution < 1.29 is 14.3 Å². The number of aryl methyl sites for hydroxylation is 2. The topological polar surface area (TPSA) is 93.2 Å². The molecule has 7 nitrogen and oxygen atoms in total. The number of ether oxygens (including phenoxy) is 1. The summed E-state index contributed by atoms with van der Waals surface area (Å²) in [5, 5.41) is 7.23. The minimum atomic E-state index is -0.249. The monoisotopic (exact) mass is 442 g/mol. The van der Waals surface area contributed by atoms with Gasteiger partial charge in [0, 0.05) is 18.3 Å². The number of rotatable bonds is 7. The molecule has 2 heterocycles. The number of nitrogens with one attached hydrogen (secondary N) is 2. The van der Waals surface area contributed by atoms with Crippen molar-refractivity contribution in [1.29, 1.82) is 0 Å². The molecule has 2 aliphatic rings. The summed E-state index contributed by atoms with van der Waals surface area (Å²) in [5.41, 5.74) is 0.737. The third kappa shape index (κ3) is 5.42. The second-order valence-electron chi connectivity index (χ2n) is 8.66. The Morgan fingerprint density at radius 1 is 1.19 bits per heavy atom. The lowest BCUT2D eigenvalue weighted by atomic mass is 10.0. The van der Waals surface area contributed by atoms with E-state index >= 15 is 0 Å². The van der Waals surface area contributed by atoms with Crippen molar-refractivity contribution >= 4 is 23.2 Å². The fourth-order valence-corrected chi connectivity index (χ4v) is 5.55. The number of hydrogen-bond donors (Lipinski definition) is 2. The second-order valence-corrected chi connectivity index (χ2v) is 9.86. The number of carbonyl (C=O) groups is 2. The molecule has 2 aliphatic carbocycles. The van der Waals surface area contributed by atoms with Crippen molar-refractivity contribution in [1.82, 2.24) is 20.6 Å². The number of hydrogen-bond acceptors (Lipinski definition) is 6. The number of nitrogens with zero attached hydrogens (tertiary/aromatic N) is 2. The summed E-state index contributed by atoms with van der Waals surface area (Å²) in [7, 11) is 0. The van der Waals surface area contributed by atoms with Gasteiger partial charge in [-0.15, -0.1) is 11.3 Å². The van der Waals surface area contributed by atoms with E-state index in [0.29, 0.717) is 24.3 Å². The summed E-state index contributed by atoms with van der Waals surface area (Å²) in [6.45, 7) is 4.25. The fourth-order valence-electron chi connectivity index (χ4n) is 4.73. The van der Waals surface area contributed by atoms with Gasteiger partial charge in [0.2, 0.25) is 5.91 Å². The highest BCUT2D eigenvalue weighted by atomic mass is 32.1. The summed E-state index contributed by atoms with van der Waals surface area (Å²) in [6.07, 6.45) is 9.23. The molecular formula is C23H30N4O3S. The number of carbonyl (C=O) groups excluding carboxylic acids is 2. The summed E-state index contributed by atoms with van der Waals surface area (Å²) in [4.78, 5) is 35.1. The zero-order valence-electron chi connectivity index (χ0n) is 18.1. The number of thiazole rings is 1. The van der Waals surface area contributed by atoms with Crippen molar-refractivity contribution in [2.45, 2.75) is 64.5 Å². The van der Waals surface area contributed by atoms with Gasteiger partial charge in [-0.25, -0.2) is 4.98 Å². The molecule has 31 heavy (non-hydrogen) atoms. The predicted molar refractivity (Wildman–Crippen MR) is 119 cm³/mol. The van der Waals surface area contributed by atoms with E-state index in [1.165, 1.54) is 24.2 Å². The minimum Gasteiger partial charge on any atom is -0.492 e. The Bertz CT molecular complexity index is 911. The van der Waals surface area contributed by atoms with Crippen LogP contribution in [0.15, 0.2) is 24.5 Å². The standard InChI is InChI=1S/C23H30N4O3S/c1-14-21(31-15(2)25-14)23(29)27-20-11-16(13-30-18-8-5-9-24-12-18)10-19(20)22(28)26-17-6-3-4-7-17/h5,8-9,12,16-17,19-20H,3-4,6-7,10-11,13H2,1-2H3,(H,26,28)(H,27,29)/t16-,19-,20-/m1/s1. The Labute approximate surface area is 187 Å². The van der Waals surface area contributed by atoms with E-state index < -0.39 is 0 Å². The van der Waals surface area contributed by atoms with E-state index in [4.69, 9.17) is 4.74 Å². The van der Waals surface area contributed by atoms with E-state index in [1.54, 1.807) is 12.4 Å². The molecule has 0 spiro atoms. The van der Waals surface area contributed by atoms with Crippen LogP contribution in [0, 0.1) is 25.7 Å². The first-order valence-corrected chi connectivity index (χ1v) is 11.9. The molecule has 0 aromatic carbocycles. The SMILES string of the molecule is Cc1nc(C)c(C(=O)N[C@@H]2C[C@H](COc3cccnc3)C[C@H]2C(=O)NC2CCCC2)s1. The van der Waals surface area contributed by atoms with Crippen LogP contribution in [-0.4, -0.2) is 40.5 Å². The number of aromatic nitrogens is 2. The predicted octanol–water partition coefficient (Wildman–Crippen LogP) is 3.42. The van der Waals surface area contributed by atoms with Crippen molar-refractivity contribution in [3.05, 3.63) is 40.1 Å². The lowest BCUT2D eigenvalue weighted by Gasteiger charge is -2.22. The van der Waals surface area contributed by atoms with Gasteiger partial charge in [-0.05, 0) is 57.6 Å². The minimum absolute atomic E-state index is 0.0540. The van der Waals surface area contributed by atoms with E-state index in [-0.39, 0.29) is 35.7 Å². The van der Waals surface area contributed by atoms with Gasteiger partial charge in [0.15, 0.2) is 0 Å². The molecule has 0 unspecified atom stereocenters. The lowest BCUT2D eigenvalue weighted by Crippen LogP contribution is -2.46. The molecule has 0 radical (unpaired) electrons. The molecule has 2 fully saturated rings. The zero-order valence-corrected chi connectivity index (χ0v) is 18.9. The summed E-state index contributed by atoms with van der Waals surface area (Å²) in [5.74, 6) is 0.576. The van der Waals surface area contributed by atoms with Crippen LogP contribution < -0.4 is 15.4 Å². The van der Waals surface area contributed by atoms with Gasteiger partial charge >= 0.3 is 0 Å². The maximum Gasteiger partial charge on any atom is 0.263 e. The molecule has 0 aliphatic heterocycles. The Balaban J connectivity index is 1.43. The van der Waals surface area contributed by atoms with Crippen LogP contribution in [0.25, 0.3) is 0 Å². The van der Waals surface area contributed by atoms with E-state index in [2.05, 4.69) is 20.6 Å². The average Bonchev–Trinajstić information content (AvgIpc) is 3.48. The molecular weight excluding hydrogens is 412 g/mol. The smallest absolute Gasteiger partial charge is 0.263 e. The molecule has 4 rings (SSSR count).